The lowest BCUT2D eigenvalue weighted by molar-refractivity contribution is 0.214. The van der Waals surface area contributed by atoms with Crippen molar-refractivity contribution in [1.82, 2.24) is 0 Å². The minimum Gasteiger partial charge on any atom is -0.375 e. The Morgan fingerprint density at radius 2 is 1.73 bits per heavy atom. The van der Waals surface area contributed by atoms with Crippen LogP contribution in [-0.2, 0) is 10.1 Å². The molecule has 0 saturated heterocycles. The molecule has 0 aromatic rings. The van der Waals surface area contributed by atoms with Crippen molar-refractivity contribution >= 4 is 10.1 Å². The lowest BCUT2D eigenvalue weighted by Gasteiger charge is -2.08. The fourth-order valence-electron chi connectivity index (χ4n) is 0.625. The molecule has 2 N–H and O–H groups in total. The maximum atomic E-state index is 10.2. The number of aliphatic hydroxyl groups excluding tert-OH is 1. The molecule has 0 rings (SSSR count). The van der Waals surface area contributed by atoms with E-state index in [1.54, 1.807) is 0 Å². The molecule has 68 valence electrons. The van der Waals surface area contributed by atoms with Crippen LogP contribution in [-0.4, -0.2) is 23.5 Å². The smallest absolute Gasteiger partial charge is 0.291 e. The largest absolute Gasteiger partial charge is 0.375 e. The van der Waals surface area contributed by atoms with E-state index in [9.17, 15) is 8.42 Å². The molecule has 1 unspecified atom stereocenters. The maximum absolute atomic E-state index is 10.2. The SMILES string of the molecule is CC(C)CCC(O)S(=O)(=O)O. The lowest BCUT2D eigenvalue weighted by atomic mass is 10.1. The van der Waals surface area contributed by atoms with E-state index in [-0.39, 0.29) is 6.42 Å². The Morgan fingerprint density at radius 1 is 1.27 bits per heavy atom. The van der Waals surface area contributed by atoms with E-state index in [2.05, 4.69) is 0 Å². The highest BCUT2D eigenvalue weighted by molar-refractivity contribution is 7.86. The second-order valence-corrected chi connectivity index (χ2v) is 4.51. The van der Waals surface area contributed by atoms with Crippen molar-refractivity contribution in [2.24, 2.45) is 5.92 Å². The van der Waals surface area contributed by atoms with E-state index in [1.807, 2.05) is 13.8 Å². The zero-order valence-electron chi connectivity index (χ0n) is 6.69. The third-order valence-electron chi connectivity index (χ3n) is 1.33. The fraction of sp³-hybridized carbons (Fsp3) is 1.00. The standard InChI is InChI=1S/C6H14O4S/c1-5(2)3-4-6(7)11(8,9)10/h5-7H,3-4H2,1-2H3,(H,8,9,10). The van der Waals surface area contributed by atoms with Crippen molar-refractivity contribution < 1.29 is 18.1 Å². The summed E-state index contributed by atoms with van der Waals surface area (Å²) in [5.74, 6) is 0.325. The summed E-state index contributed by atoms with van der Waals surface area (Å²) in [7, 11) is -4.24. The lowest BCUT2D eigenvalue weighted by Crippen LogP contribution is -2.19. The topological polar surface area (TPSA) is 74.6 Å². The summed E-state index contributed by atoms with van der Waals surface area (Å²) in [6.07, 6.45) is 0.678. The van der Waals surface area contributed by atoms with Crippen LogP contribution in [0, 0.1) is 5.92 Å². The van der Waals surface area contributed by atoms with Gasteiger partial charge in [0.05, 0.1) is 0 Å². The summed E-state index contributed by atoms with van der Waals surface area (Å²) in [4.78, 5) is 0. The van der Waals surface area contributed by atoms with Gasteiger partial charge in [0.1, 0.15) is 0 Å². The van der Waals surface area contributed by atoms with Crippen molar-refractivity contribution in [3.8, 4) is 0 Å². The molecule has 4 nitrogen and oxygen atoms in total. The third kappa shape index (κ3) is 5.17. The molecule has 0 aromatic carbocycles. The molecular weight excluding hydrogens is 168 g/mol. The van der Waals surface area contributed by atoms with Crippen molar-refractivity contribution in [2.45, 2.75) is 32.1 Å². The summed E-state index contributed by atoms with van der Waals surface area (Å²) < 4.78 is 28.8. The van der Waals surface area contributed by atoms with Crippen LogP contribution in [0.2, 0.25) is 0 Å². The van der Waals surface area contributed by atoms with Gasteiger partial charge in [0.25, 0.3) is 10.1 Å². The molecule has 0 aliphatic rings. The molecule has 11 heavy (non-hydrogen) atoms. The van der Waals surface area contributed by atoms with E-state index in [0.717, 1.165) is 0 Å². The molecule has 0 aliphatic heterocycles. The van der Waals surface area contributed by atoms with Gasteiger partial charge in [-0.05, 0) is 18.8 Å². The summed E-state index contributed by atoms with van der Waals surface area (Å²) in [6, 6.07) is 0. The maximum Gasteiger partial charge on any atom is 0.291 e. The van der Waals surface area contributed by atoms with Crippen LogP contribution in [0.3, 0.4) is 0 Å². The second kappa shape index (κ2) is 4.04. The average Bonchev–Trinajstić information content (AvgIpc) is 1.80. The predicted molar refractivity (Wildman–Crippen MR) is 41.6 cm³/mol. The Balaban J connectivity index is 3.81. The summed E-state index contributed by atoms with van der Waals surface area (Å²) in [5, 5.41) is 8.80. The highest BCUT2D eigenvalue weighted by Gasteiger charge is 2.18. The number of rotatable bonds is 4. The zero-order valence-corrected chi connectivity index (χ0v) is 7.50. The predicted octanol–water partition coefficient (Wildman–Crippen LogP) is 0.629. The minimum atomic E-state index is -4.24. The van der Waals surface area contributed by atoms with Gasteiger partial charge in [0.2, 0.25) is 0 Å². The Bertz CT molecular complexity index is 195. The molecule has 0 aliphatic carbocycles. The first-order chi connectivity index (χ1) is 4.84. The van der Waals surface area contributed by atoms with Crippen molar-refractivity contribution in [3.63, 3.8) is 0 Å². The summed E-state index contributed by atoms with van der Waals surface area (Å²) >= 11 is 0. The van der Waals surface area contributed by atoms with Crippen LogP contribution in [0.5, 0.6) is 0 Å². The molecule has 0 bridgehead atoms. The number of aliphatic hydroxyl groups is 1. The highest BCUT2D eigenvalue weighted by atomic mass is 32.2. The van der Waals surface area contributed by atoms with Gasteiger partial charge in [-0.2, -0.15) is 8.42 Å². The van der Waals surface area contributed by atoms with Crippen LogP contribution in [0.15, 0.2) is 0 Å². The summed E-state index contributed by atoms with van der Waals surface area (Å²) in [5.41, 5.74) is -1.62. The number of hydrogen-bond donors (Lipinski definition) is 2. The zero-order chi connectivity index (χ0) is 9.07. The monoisotopic (exact) mass is 182 g/mol. The van der Waals surface area contributed by atoms with Gasteiger partial charge in [-0.3, -0.25) is 4.55 Å². The molecule has 0 radical (unpaired) electrons. The average molecular weight is 182 g/mol. The highest BCUT2D eigenvalue weighted by Crippen LogP contribution is 2.09. The Labute approximate surface area is 67.0 Å². The van der Waals surface area contributed by atoms with Crippen LogP contribution < -0.4 is 0 Å². The minimum absolute atomic E-state index is 0.0938. The van der Waals surface area contributed by atoms with E-state index in [0.29, 0.717) is 12.3 Å². The van der Waals surface area contributed by atoms with E-state index in [4.69, 9.17) is 9.66 Å². The molecule has 0 spiro atoms. The fourth-order valence-corrected chi connectivity index (χ4v) is 1.06. The van der Waals surface area contributed by atoms with Crippen LogP contribution in [0.1, 0.15) is 26.7 Å². The molecule has 0 amide bonds. The van der Waals surface area contributed by atoms with Gasteiger partial charge in [0, 0.05) is 0 Å². The Morgan fingerprint density at radius 3 is 2.00 bits per heavy atom. The van der Waals surface area contributed by atoms with Gasteiger partial charge >= 0.3 is 0 Å². The second-order valence-electron chi connectivity index (χ2n) is 2.94. The molecule has 0 heterocycles. The first kappa shape index (κ1) is 10.9. The molecule has 0 aromatic heterocycles. The van der Waals surface area contributed by atoms with E-state index < -0.39 is 15.6 Å². The van der Waals surface area contributed by atoms with Crippen LogP contribution in [0.25, 0.3) is 0 Å². The molecule has 0 saturated carbocycles. The van der Waals surface area contributed by atoms with Gasteiger partial charge < -0.3 is 5.11 Å². The molecule has 0 fully saturated rings. The van der Waals surface area contributed by atoms with Crippen molar-refractivity contribution in [1.29, 1.82) is 0 Å². The Kier molecular flexibility index (Phi) is 3.99. The van der Waals surface area contributed by atoms with Gasteiger partial charge in [0.15, 0.2) is 5.44 Å². The number of hydrogen-bond acceptors (Lipinski definition) is 3. The van der Waals surface area contributed by atoms with Crippen molar-refractivity contribution in [2.75, 3.05) is 0 Å². The third-order valence-corrected chi connectivity index (χ3v) is 2.26. The van der Waals surface area contributed by atoms with E-state index in [1.165, 1.54) is 0 Å². The van der Waals surface area contributed by atoms with E-state index >= 15 is 0 Å². The van der Waals surface area contributed by atoms with Crippen LogP contribution in [0.4, 0.5) is 0 Å². The Hall–Kier alpha value is -0.130. The van der Waals surface area contributed by atoms with Gasteiger partial charge in [-0.25, -0.2) is 0 Å². The molecular formula is C6H14O4S. The molecule has 1 atom stereocenters. The normalized spacial score (nSPS) is 15.4. The first-order valence-electron chi connectivity index (χ1n) is 3.48. The quantitative estimate of drug-likeness (QED) is 0.625. The summed E-state index contributed by atoms with van der Waals surface area (Å²) in [6.45, 7) is 3.83. The first-order valence-corrected chi connectivity index (χ1v) is 4.98. The van der Waals surface area contributed by atoms with Crippen molar-refractivity contribution in [3.05, 3.63) is 0 Å². The van der Waals surface area contributed by atoms with Gasteiger partial charge in [-0.15, -0.1) is 0 Å². The van der Waals surface area contributed by atoms with Crippen LogP contribution >= 0.6 is 0 Å². The van der Waals surface area contributed by atoms with Gasteiger partial charge in [-0.1, -0.05) is 13.8 Å². The molecule has 5 heteroatoms.